The van der Waals surface area contributed by atoms with Crippen LogP contribution in [0.1, 0.15) is 24.3 Å². The van der Waals surface area contributed by atoms with Gasteiger partial charge in [0.25, 0.3) is 0 Å². The number of para-hydroxylation sites is 1. The Morgan fingerprint density at radius 2 is 1.95 bits per heavy atom. The number of aromatic nitrogens is 2. The van der Waals surface area contributed by atoms with E-state index in [0.717, 1.165) is 35.0 Å². The van der Waals surface area contributed by atoms with Gasteiger partial charge in [0, 0.05) is 11.4 Å². The summed E-state index contributed by atoms with van der Waals surface area (Å²) in [4.78, 5) is 0. The molecule has 2 N–H and O–H groups in total. The number of hydrogen-bond acceptors (Lipinski definition) is 2. The second-order valence-electron chi connectivity index (χ2n) is 5.67. The first kappa shape index (κ1) is 12.4. The molecule has 1 fully saturated rings. The lowest BCUT2D eigenvalue weighted by molar-refractivity contribution is 0.363. The van der Waals surface area contributed by atoms with Crippen molar-refractivity contribution in [3.63, 3.8) is 0 Å². The molecule has 3 nitrogen and oxygen atoms in total. The molecule has 1 aliphatic carbocycles. The number of anilines is 1. The summed E-state index contributed by atoms with van der Waals surface area (Å²) in [5.74, 6) is 0.237. The maximum atomic E-state index is 13.7. The summed E-state index contributed by atoms with van der Waals surface area (Å²) < 4.78 is 13.7. The average molecular weight is 281 g/mol. The van der Waals surface area contributed by atoms with E-state index in [9.17, 15) is 4.39 Å². The number of nitrogens with zero attached hydrogens (tertiary/aromatic N) is 1. The Morgan fingerprint density at radius 1 is 1.10 bits per heavy atom. The molecule has 0 aliphatic heterocycles. The van der Waals surface area contributed by atoms with Crippen molar-refractivity contribution in [2.45, 2.75) is 24.8 Å². The van der Waals surface area contributed by atoms with E-state index in [-0.39, 0.29) is 5.82 Å². The highest BCUT2D eigenvalue weighted by molar-refractivity contribution is 5.90. The van der Waals surface area contributed by atoms with E-state index in [4.69, 9.17) is 0 Å². The topological polar surface area (TPSA) is 40.7 Å². The first-order valence-corrected chi connectivity index (χ1v) is 7.24. The molecule has 4 heteroatoms. The largest absolute Gasteiger partial charge is 0.381 e. The molecule has 1 saturated carbocycles. The van der Waals surface area contributed by atoms with Gasteiger partial charge in [-0.2, -0.15) is 5.10 Å². The molecule has 0 bridgehead atoms. The Kier molecular flexibility index (Phi) is 2.88. The second kappa shape index (κ2) is 4.88. The number of fused-ring (bicyclic) bond motifs is 1. The van der Waals surface area contributed by atoms with Gasteiger partial charge >= 0.3 is 0 Å². The van der Waals surface area contributed by atoms with Gasteiger partial charge in [0.05, 0.1) is 17.4 Å². The van der Waals surface area contributed by atoms with E-state index in [1.807, 2.05) is 30.5 Å². The lowest BCUT2D eigenvalue weighted by Gasteiger charge is -2.37. The van der Waals surface area contributed by atoms with Gasteiger partial charge in [-0.05, 0) is 36.5 Å². The van der Waals surface area contributed by atoms with E-state index < -0.39 is 0 Å². The molecule has 1 aliphatic rings. The van der Waals surface area contributed by atoms with E-state index >= 15 is 0 Å². The van der Waals surface area contributed by atoms with Crippen molar-refractivity contribution in [3.05, 3.63) is 60.0 Å². The van der Waals surface area contributed by atoms with Crippen LogP contribution >= 0.6 is 0 Å². The SMILES string of the molecule is Fc1ccccc1C1CC(Nc2cccc3cn[nH]c23)C1. The molecule has 1 aromatic heterocycles. The van der Waals surface area contributed by atoms with Crippen LogP contribution in [0.2, 0.25) is 0 Å². The van der Waals surface area contributed by atoms with Crippen LogP contribution in [0.25, 0.3) is 10.9 Å². The molecule has 0 saturated heterocycles. The Hall–Kier alpha value is -2.36. The predicted molar refractivity (Wildman–Crippen MR) is 81.9 cm³/mol. The smallest absolute Gasteiger partial charge is 0.126 e. The fourth-order valence-electron chi connectivity index (χ4n) is 3.10. The minimum atomic E-state index is -0.0865. The van der Waals surface area contributed by atoms with Crippen LogP contribution < -0.4 is 5.32 Å². The summed E-state index contributed by atoms with van der Waals surface area (Å²) in [6.07, 6.45) is 3.75. The highest BCUT2D eigenvalue weighted by Crippen LogP contribution is 2.40. The first-order chi connectivity index (χ1) is 10.3. The van der Waals surface area contributed by atoms with Crippen molar-refractivity contribution in [3.8, 4) is 0 Å². The molecule has 1 heterocycles. The third-order valence-corrected chi connectivity index (χ3v) is 4.32. The van der Waals surface area contributed by atoms with Crippen LogP contribution in [0.4, 0.5) is 10.1 Å². The van der Waals surface area contributed by atoms with Crippen molar-refractivity contribution in [2.75, 3.05) is 5.32 Å². The van der Waals surface area contributed by atoms with Gasteiger partial charge < -0.3 is 5.32 Å². The van der Waals surface area contributed by atoms with Crippen molar-refractivity contribution < 1.29 is 4.39 Å². The van der Waals surface area contributed by atoms with Gasteiger partial charge in [-0.3, -0.25) is 5.10 Å². The molecule has 0 atom stereocenters. The number of rotatable bonds is 3. The Labute approximate surface area is 122 Å². The Bertz CT molecular complexity index is 774. The molecule has 21 heavy (non-hydrogen) atoms. The molecule has 0 amide bonds. The standard InChI is InChI=1S/C17H16FN3/c18-15-6-2-1-5-14(15)12-8-13(9-12)20-16-7-3-4-11-10-19-21-17(11)16/h1-7,10,12-13,20H,8-9H2,(H,19,21). The first-order valence-electron chi connectivity index (χ1n) is 7.24. The number of nitrogens with one attached hydrogen (secondary N) is 2. The zero-order valence-corrected chi connectivity index (χ0v) is 11.5. The van der Waals surface area contributed by atoms with Crippen LogP contribution in [-0.2, 0) is 0 Å². The quantitative estimate of drug-likeness (QED) is 0.760. The molecule has 106 valence electrons. The molecule has 2 aromatic carbocycles. The minimum absolute atomic E-state index is 0.0865. The third kappa shape index (κ3) is 2.17. The fraction of sp³-hybridized carbons (Fsp3) is 0.235. The number of hydrogen-bond donors (Lipinski definition) is 2. The van der Waals surface area contributed by atoms with Crippen molar-refractivity contribution in [2.24, 2.45) is 0 Å². The summed E-state index contributed by atoms with van der Waals surface area (Å²) in [7, 11) is 0. The van der Waals surface area contributed by atoms with E-state index in [1.165, 1.54) is 0 Å². The van der Waals surface area contributed by atoms with Gasteiger partial charge in [-0.15, -0.1) is 0 Å². The highest BCUT2D eigenvalue weighted by atomic mass is 19.1. The van der Waals surface area contributed by atoms with E-state index in [1.54, 1.807) is 12.1 Å². The van der Waals surface area contributed by atoms with Crippen molar-refractivity contribution in [1.29, 1.82) is 0 Å². The number of aromatic amines is 1. The number of benzene rings is 2. The van der Waals surface area contributed by atoms with Crippen molar-refractivity contribution >= 4 is 16.6 Å². The summed E-state index contributed by atoms with van der Waals surface area (Å²) in [6.45, 7) is 0. The Balaban J connectivity index is 1.47. The maximum absolute atomic E-state index is 13.7. The monoisotopic (exact) mass is 281 g/mol. The molecule has 4 rings (SSSR count). The third-order valence-electron chi connectivity index (χ3n) is 4.32. The lowest BCUT2D eigenvalue weighted by Crippen LogP contribution is -2.34. The summed E-state index contributed by atoms with van der Waals surface area (Å²) >= 11 is 0. The molecule has 0 unspecified atom stereocenters. The predicted octanol–water partition coefficient (Wildman–Crippen LogP) is 4.06. The zero-order valence-electron chi connectivity index (χ0n) is 11.5. The minimum Gasteiger partial charge on any atom is -0.381 e. The number of halogens is 1. The summed E-state index contributed by atoms with van der Waals surface area (Å²) in [5.41, 5.74) is 2.95. The molecule has 0 radical (unpaired) electrons. The van der Waals surface area contributed by atoms with Crippen LogP contribution in [0, 0.1) is 5.82 Å². The molecular formula is C17H16FN3. The molecule has 0 spiro atoms. The summed E-state index contributed by atoms with van der Waals surface area (Å²) in [5, 5.41) is 11.7. The average Bonchev–Trinajstić information content (AvgIpc) is 2.93. The molecule has 3 aromatic rings. The zero-order chi connectivity index (χ0) is 14.2. The van der Waals surface area contributed by atoms with Crippen LogP contribution in [0.3, 0.4) is 0 Å². The Morgan fingerprint density at radius 3 is 2.81 bits per heavy atom. The highest BCUT2D eigenvalue weighted by Gasteiger charge is 2.32. The van der Waals surface area contributed by atoms with Gasteiger partial charge in [0.1, 0.15) is 5.82 Å². The lowest BCUT2D eigenvalue weighted by atomic mass is 9.75. The van der Waals surface area contributed by atoms with Crippen LogP contribution in [-0.4, -0.2) is 16.2 Å². The second-order valence-corrected chi connectivity index (χ2v) is 5.67. The van der Waals surface area contributed by atoms with E-state index in [2.05, 4.69) is 21.6 Å². The summed E-state index contributed by atoms with van der Waals surface area (Å²) in [6, 6.07) is 13.6. The van der Waals surface area contributed by atoms with Crippen LogP contribution in [0.15, 0.2) is 48.7 Å². The number of H-pyrrole nitrogens is 1. The maximum Gasteiger partial charge on any atom is 0.126 e. The van der Waals surface area contributed by atoms with Crippen LogP contribution in [0.5, 0.6) is 0 Å². The van der Waals surface area contributed by atoms with Gasteiger partial charge in [-0.25, -0.2) is 4.39 Å². The molecular weight excluding hydrogens is 265 g/mol. The van der Waals surface area contributed by atoms with Gasteiger partial charge in [0.2, 0.25) is 0 Å². The fourth-order valence-corrected chi connectivity index (χ4v) is 3.10. The van der Waals surface area contributed by atoms with Gasteiger partial charge in [0.15, 0.2) is 0 Å². The van der Waals surface area contributed by atoms with E-state index in [0.29, 0.717) is 12.0 Å². The van der Waals surface area contributed by atoms with Gasteiger partial charge in [-0.1, -0.05) is 30.3 Å². The normalized spacial score (nSPS) is 21.2. The van der Waals surface area contributed by atoms with Crippen molar-refractivity contribution in [1.82, 2.24) is 10.2 Å².